The first-order valence-electron chi connectivity index (χ1n) is 25.1. The number of hydrogen-bond acceptors (Lipinski definition) is 27. The van der Waals surface area contributed by atoms with Crippen LogP contribution in [0.25, 0.3) is 16.7 Å². The fourth-order valence-corrected chi connectivity index (χ4v) is 12.5. The molecule has 7 aromatic rings. The number of nitriles is 2. The third-order valence-electron chi connectivity index (χ3n) is 12.1. The highest BCUT2D eigenvalue weighted by Gasteiger charge is 2.26. The number of azo groups is 4. The van der Waals surface area contributed by atoms with Gasteiger partial charge in [0, 0.05) is 38.6 Å². The minimum atomic E-state index is -4.90. The van der Waals surface area contributed by atoms with Gasteiger partial charge in [-0.2, -0.15) is 59.5 Å². The first-order valence-corrected chi connectivity index (χ1v) is 34.8. The highest BCUT2D eigenvalue weighted by Crippen LogP contribution is 2.45. The van der Waals surface area contributed by atoms with Crippen LogP contribution in [-0.4, -0.2) is 121 Å². The first-order chi connectivity index (χ1) is 41.7. The summed E-state index contributed by atoms with van der Waals surface area (Å²) >= 11 is 8.45. The second kappa shape index (κ2) is 30.1. The molecule has 2 aromatic heterocycles. The van der Waals surface area contributed by atoms with E-state index >= 15 is 0 Å². The maximum absolute atomic E-state index is 12.4. The molecule has 5 N–H and O–H groups in total. The summed E-state index contributed by atoms with van der Waals surface area (Å²) in [5.74, 6) is -2.03. The average Bonchev–Trinajstić information content (AvgIpc) is 1.61. The molecule has 38 heteroatoms. The van der Waals surface area contributed by atoms with Crippen LogP contribution in [0.3, 0.4) is 0 Å². The molecule has 0 aliphatic heterocycles. The highest BCUT2D eigenvalue weighted by atomic mass is 35.5. The Morgan fingerprint density at radius 2 is 1.09 bits per heavy atom. The Morgan fingerprint density at radius 3 is 1.57 bits per heavy atom. The summed E-state index contributed by atoms with van der Waals surface area (Å²) in [6, 6.07) is 20.4. The molecule has 7 rings (SSSR count). The summed E-state index contributed by atoms with van der Waals surface area (Å²) in [5.41, 5.74) is 2.61. The quantitative estimate of drug-likeness (QED) is 0.0154. The van der Waals surface area contributed by atoms with Crippen LogP contribution in [0, 0.1) is 50.4 Å². The van der Waals surface area contributed by atoms with E-state index in [1.165, 1.54) is 61.8 Å². The number of methoxy groups -OCH3 is 1. The molecule has 0 aliphatic rings. The van der Waals surface area contributed by atoms with Gasteiger partial charge in [0.05, 0.1) is 70.5 Å². The van der Waals surface area contributed by atoms with E-state index in [1.807, 2.05) is 12.1 Å². The van der Waals surface area contributed by atoms with Crippen LogP contribution in [0.1, 0.15) is 52.6 Å². The predicted molar refractivity (Wildman–Crippen MR) is 326 cm³/mol. The van der Waals surface area contributed by atoms with Gasteiger partial charge in [0.15, 0.2) is 11.3 Å². The standard InChI is InChI=1S/C51H49ClN12O15S6.O3S/c1-28-17-40(60-63-48-31(4)35(27-54)50-55-49-43(64(50)51(48)65)21-34(78-5)22-47(49)85(75,76)77)44(79-11-6-14-82(66,67)68)23-37(28)57-61-41-19-30(3)39(25-46(41)81-13-8-16-84(72,73)74)59-62-42-18-29(2)38(24-45(42)80-12-7-15-83(69,70)71)58-56-36-10-9-33(52)20-32(36)26-53;1-4(2)3/h9-10,17-25,65H,6-8,11-16H2,1-5H3,(H,66,67,68)(H,69,70,71)(H,72,73,74)(H,75,76,77);. The van der Waals surface area contributed by atoms with Crippen LogP contribution in [-0.2, 0) is 51.1 Å². The maximum atomic E-state index is 12.4. The molecular formula is C51H49ClN12O18S7. The van der Waals surface area contributed by atoms with Gasteiger partial charge in [-0.15, -0.1) is 61.7 Å². The van der Waals surface area contributed by atoms with E-state index in [4.69, 9.17) is 33.7 Å². The molecule has 0 unspecified atom stereocenters. The summed E-state index contributed by atoms with van der Waals surface area (Å²) in [4.78, 5) is 4.57. The summed E-state index contributed by atoms with van der Waals surface area (Å²) in [6.07, 6.45) is -0.0744. The van der Waals surface area contributed by atoms with Crippen molar-refractivity contribution in [2.45, 2.75) is 61.6 Å². The van der Waals surface area contributed by atoms with Crippen molar-refractivity contribution in [1.29, 1.82) is 10.5 Å². The lowest BCUT2D eigenvalue weighted by Crippen LogP contribution is -2.08. The van der Waals surface area contributed by atoms with Crippen LogP contribution in [0.4, 0.5) is 45.5 Å². The summed E-state index contributed by atoms with van der Waals surface area (Å²) in [5, 5.41) is 67.5. The number of ether oxygens (including phenoxy) is 2. The van der Waals surface area contributed by atoms with Gasteiger partial charge in [0.2, 0.25) is 5.88 Å². The smallest absolute Gasteiger partial charge is 0.425 e. The molecule has 0 amide bonds. The minimum Gasteiger partial charge on any atom is -0.497 e. The van der Waals surface area contributed by atoms with Crippen LogP contribution < -0.4 is 9.47 Å². The number of rotatable bonds is 25. The molecule has 0 atom stereocenters. The normalized spacial score (nSPS) is 12.3. The second-order valence-corrected chi connectivity index (χ2v) is 27.8. The highest BCUT2D eigenvalue weighted by molar-refractivity contribution is 7.99. The van der Waals surface area contributed by atoms with Gasteiger partial charge >= 0.3 is 10.6 Å². The molecule has 30 nitrogen and oxygen atoms in total. The van der Waals surface area contributed by atoms with Crippen molar-refractivity contribution in [2.24, 2.45) is 40.9 Å². The number of pyridine rings is 1. The molecule has 5 aromatic carbocycles. The molecular weight excluding hydrogens is 1330 g/mol. The number of halogens is 1. The lowest BCUT2D eigenvalue weighted by molar-refractivity contribution is 0.317. The minimum absolute atomic E-state index is 0.00631. The monoisotopic (exact) mass is 1380 g/mol. The zero-order valence-electron chi connectivity index (χ0n) is 46.9. The molecule has 0 bridgehead atoms. The van der Waals surface area contributed by atoms with E-state index in [0.29, 0.717) is 48.6 Å². The Balaban J connectivity index is 0.00000306. The van der Waals surface area contributed by atoms with Gasteiger partial charge in [0.1, 0.15) is 51.0 Å². The van der Waals surface area contributed by atoms with Gasteiger partial charge in [-0.3, -0.25) is 22.6 Å². The maximum Gasteiger partial charge on any atom is 0.425 e. The average molecular weight is 1380 g/mol. The Labute approximate surface area is 523 Å². The van der Waals surface area contributed by atoms with Gasteiger partial charge in [-0.1, -0.05) is 11.6 Å². The first kappa shape index (κ1) is 70.2. The molecule has 0 radical (unpaired) electrons. The van der Waals surface area contributed by atoms with Crippen molar-refractivity contribution in [1.82, 2.24) is 9.38 Å². The third-order valence-corrected chi connectivity index (χ3v) is 17.9. The topological polar surface area (TPSA) is 471 Å². The van der Waals surface area contributed by atoms with Crippen molar-refractivity contribution < 1.29 is 79.1 Å². The van der Waals surface area contributed by atoms with E-state index in [2.05, 4.69) is 45.9 Å². The van der Waals surface area contributed by atoms with E-state index < -0.39 is 79.1 Å². The zero-order chi connectivity index (χ0) is 65.8. The number of thioether (sulfide) groups is 2. The molecule has 0 saturated heterocycles. The SMILES string of the molecule is COc1cc(S(=O)(=O)O)c2nc3c(C#N)c(C)c(N=Nc4cc(C)c(N=Nc5cc(C)c(N=Nc6cc(C)c(N=Nc7ccc(Cl)cc7C#N)cc6SCCCS(=O)(=O)O)cc5SCCCS(=O)(=O)O)cc4OCCCS(=O)(=O)O)c(O)n3c2c1.O=S(=O)=O. The van der Waals surface area contributed by atoms with Crippen molar-refractivity contribution in [3.63, 3.8) is 0 Å². The van der Waals surface area contributed by atoms with Gasteiger partial charge < -0.3 is 14.6 Å². The fraction of sp³-hybridized carbons (Fsp3) is 0.275. The van der Waals surface area contributed by atoms with Gasteiger partial charge in [0.25, 0.3) is 40.5 Å². The van der Waals surface area contributed by atoms with Gasteiger partial charge in [-0.05, 0) is 124 Å². The number of hydrogen-bond donors (Lipinski definition) is 5. The molecule has 470 valence electrons. The molecule has 0 fully saturated rings. The summed E-state index contributed by atoms with van der Waals surface area (Å²) in [7, 11) is -19.7. The Kier molecular flexibility index (Phi) is 23.7. The molecule has 89 heavy (non-hydrogen) atoms. The van der Waals surface area contributed by atoms with E-state index in [-0.39, 0.29) is 111 Å². The van der Waals surface area contributed by atoms with E-state index in [9.17, 15) is 67.5 Å². The summed E-state index contributed by atoms with van der Waals surface area (Å²) < 4.78 is 170. The van der Waals surface area contributed by atoms with Gasteiger partial charge in [-0.25, -0.2) is 4.98 Å². The van der Waals surface area contributed by atoms with Crippen LogP contribution in [0.5, 0.6) is 17.4 Å². The predicted octanol–water partition coefficient (Wildman–Crippen LogP) is 12.1. The van der Waals surface area contributed by atoms with Crippen molar-refractivity contribution in [3.8, 4) is 29.5 Å². The Bertz CT molecular complexity index is 4740. The van der Waals surface area contributed by atoms with Crippen LogP contribution in [0.15, 0.2) is 122 Å². The number of aryl methyl sites for hydroxylation is 3. The van der Waals surface area contributed by atoms with Crippen LogP contribution >= 0.6 is 35.1 Å². The number of aromatic hydroxyl groups is 1. The van der Waals surface area contributed by atoms with Crippen molar-refractivity contribution in [2.75, 3.05) is 42.5 Å². The number of benzene rings is 5. The number of aromatic nitrogens is 2. The molecule has 0 saturated carbocycles. The lowest BCUT2D eigenvalue weighted by atomic mass is 10.1. The lowest BCUT2D eigenvalue weighted by Gasteiger charge is -2.12. The largest absolute Gasteiger partial charge is 0.497 e. The Morgan fingerprint density at radius 1 is 0.618 bits per heavy atom. The van der Waals surface area contributed by atoms with Crippen molar-refractivity contribution >= 4 is 148 Å². The second-order valence-electron chi connectivity index (χ2n) is 18.6. The van der Waals surface area contributed by atoms with E-state index in [0.717, 1.165) is 10.5 Å². The molecule has 0 spiro atoms. The summed E-state index contributed by atoms with van der Waals surface area (Å²) in [6.45, 7) is 6.25. The number of fused-ring (bicyclic) bond motifs is 3. The van der Waals surface area contributed by atoms with Crippen molar-refractivity contribution in [3.05, 3.63) is 105 Å². The Hall–Kier alpha value is -7.92. The fourth-order valence-electron chi connectivity index (χ4n) is 7.90. The zero-order valence-corrected chi connectivity index (χ0v) is 53.3. The van der Waals surface area contributed by atoms with E-state index in [1.54, 1.807) is 57.2 Å². The third kappa shape index (κ3) is 19.8. The van der Waals surface area contributed by atoms with Crippen LogP contribution in [0.2, 0.25) is 5.02 Å². The molecule has 2 heterocycles. The number of nitrogens with zero attached hydrogens (tertiary/aromatic N) is 12. The number of imidazole rings is 1. The molecule has 0 aliphatic carbocycles.